The van der Waals surface area contributed by atoms with Gasteiger partial charge in [0.15, 0.2) is 0 Å². The molecule has 0 aliphatic rings. The second-order valence-corrected chi connectivity index (χ2v) is 2.48. The number of benzene rings is 1. The quantitative estimate of drug-likeness (QED) is 0.514. The Labute approximate surface area is 73.0 Å². The molecule has 0 aliphatic heterocycles. The van der Waals surface area contributed by atoms with Crippen molar-refractivity contribution in [2.24, 2.45) is 0 Å². The lowest BCUT2D eigenvalue weighted by atomic mass is 10.3. The van der Waals surface area contributed by atoms with Gasteiger partial charge in [-0.15, -0.1) is 0 Å². The van der Waals surface area contributed by atoms with Gasteiger partial charge >= 0.3 is 0 Å². The number of nitrogen functional groups attached to an aromatic ring is 1. The molecule has 0 unspecified atom stereocenters. The minimum atomic E-state index is -0.250. The predicted octanol–water partition coefficient (Wildman–Crippen LogP) is 1.73. The first kappa shape index (κ1) is 9.97. The molecule has 0 saturated carbocycles. The molecule has 0 heterocycles. The van der Waals surface area contributed by atoms with Crippen LogP contribution in [0.2, 0.25) is 0 Å². The van der Waals surface area contributed by atoms with Crippen LogP contribution < -0.4 is 5.73 Å². The fourth-order valence-corrected chi connectivity index (χ4v) is 0.760. The van der Waals surface area contributed by atoms with Crippen LogP contribution in [0, 0.1) is 0 Å². The maximum atomic E-state index is 8.36. The molecule has 0 aliphatic carbocycles. The highest BCUT2D eigenvalue weighted by Crippen LogP contribution is 2.16. The van der Waals surface area contributed by atoms with Crippen molar-refractivity contribution in [1.29, 1.82) is 0 Å². The van der Waals surface area contributed by atoms with Gasteiger partial charge in [0.1, 0.15) is 0 Å². The molecule has 0 saturated heterocycles. The Bertz CT molecular complexity index is 206. The van der Waals surface area contributed by atoms with Crippen LogP contribution in [0.3, 0.4) is 0 Å². The molecule has 0 atom stereocenters. The standard InChI is InChI=1S/C6H6BrN.CH2O2/c7-5-3-1-2-4-6(5)8;2-1-3/h1-4H,8H2;1H,(H,2,3). The van der Waals surface area contributed by atoms with E-state index in [9.17, 15) is 0 Å². The SMILES string of the molecule is Nc1ccccc1Br.O=CO. The van der Waals surface area contributed by atoms with Crippen LogP contribution in [0.5, 0.6) is 0 Å². The highest BCUT2D eigenvalue weighted by Gasteiger charge is 1.86. The van der Waals surface area contributed by atoms with Crippen molar-refractivity contribution in [3.63, 3.8) is 0 Å². The minimum absolute atomic E-state index is 0.250. The normalized spacial score (nSPS) is 7.73. The summed E-state index contributed by atoms with van der Waals surface area (Å²) < 4.78 is 0.958. The van der Waals surface area contributed by atoms with Gasteiger partial charge in [0, 0.05) is 10.2 Å². The van der Waals surface area contributed by atoms with Crippen LogP contribution in [-0.4, -0.2) is 11.6 Å². The largest absolute Gasteiger partial charge is 0.483 e. The summed E-state index contributed by atoms with van der Waals surface area (Å²) >= 11 is 3.27. The molecule has 3 nitrogen and oxygen atoms in total. The van der Waals surface area contributed by atoms with E-state index < -0.39 is 0 Å². The minimum Gasteiger partial charge on any atom is -0.483 e. The van der Waals surface area contributed by atoms with E-state index in [1.54, 1.807) is 0 Å². The molecular formula is C7H8BrNO2. The van der Waals surface area contributed by atoms with Crippen molar-refractivity contribution in [3.05, 3.63) is 28.7 Å². The Kier molecular flexibility index (Phi) is 5.20. The van der Waals surface area contributed by atoms with Gasteiger partial charge in [-0.05, 0) is 28.1 Å². The zero-order valence-electron chi connectivity index (χ0n) is 5.70. The van der Waals surface area contributed by atoms with Crippen LogP contribution in [0.15, 0.2) is 28.7 Å². The summed E-state index contributed by atoms with van der Waals surface area (Å²) in [6.07, 6.45) is 0. The van der Waals surface area contributed by atoms with Crippen molar-refractivity contribution in [1.82, 2.24) is 0 Å². The van der Waals surface area contributed by atoms with E-state index >= 15 is 0 Å². The van der Waals surface area contributed by atoms with Crippen molar-refractivity contribution >= 4 is 28.1 Å². The zero-order chi connectivity index (χ0) is 8.69. The van der Waals surface area contributed by atoms with Crippen LogP contribution >= 0.6 is 15.9 Å². The second kappa shape index (κ2) is 5.73. The van der Waals surface area contributed by atoms with Crippen molar-refractivity contribution < 1.29 is 9.90 Å². The molecule has 3 N–H and O–H groups in total. The van der Waals surface area contributed by atoms with E-state index in [0.717, 1.165) is 10.2 Å². The van der Waals surface area contributed by atoms with Crippen LogP contribution in [0.1, 0.15) is 0 Å². The third-order valence-electron chi connectivity index (χ3n) is 0.905. The van der Waals surface area contributed by atoms with Crippen molar-refractivity contribution in [2.75, 3.05) is 5.73 Å². The molecule has 0 aromatic heterocycles. The average Bonchev–Trinajstić information content (AvgIpc) is 1.97. The molecule has 60 valence electrons. The fourth-order valence-electron chi connectivity index (χ4n) is 0.475. The summed E-state index contributed by atoms with van der Waals surface area (Å²) in [7, 11) is 0. The number of rotatable bonds is 0. The molecule has 0 fully saturated rings. The Balaban J connectivity index is 0.000000292. The smallest absolute Gasteiger partial charge is 0.290 e. The highest BCUT2D eigenvalue weighted by molar-refractivity contribution is 9.10. The van der Waals surface area contributed by atoms with Crippen LogP contribution in [0.25, 0.3) is 0 Å². The monoisotopic (exact) mass is 217 g/mol. The topological polar surface area (TPSA) is 63.3 Å². The first-order valence-corrected chi connectivity index (χ1v) is 3.59. The number of hydrogen-bond donors (Lipinski definition) is 2. The molecule has 11 heavy (non-hydrogen) atoms. The number of hydrogen-bond acceptors (Lipinski definition) is 2. The summed E-state index contributed by atoms with van der Waals surface area (Å²) in [6.45, 7) is -0.250. The van der Waals surface area contributed by atoms with E-state index in [-0.39, 0.29) is 6.47 Å². The molecule has 1 aromatic carbocycles. The molecule has 0 amide bonds. The number of anilines is 1. The van der Waals surface area contributed by atoms with Gasteiger partial charge in [0.25, 0.3) is 6.47 Å². The summed E-state index contributed by atoms with van der Waals surface area (Å²) in [5.74, 6) is 0. The lowest BCUT2D eigenvalue weighted by molar-refractivity contribution is -0.122. The lowest BCUT2D eigenvalue weighted by Gasteiger charge is -1.91. The van der Waals surface area contributed by atoms with Gasteiger partial charge < -0.3 is 10.8 Å². The fraction of sp³-hybridized carbons (Fsp3) is 0. The number of para-hydroxylation sites is 1. The van der Waals surface area contributed by atoms with E-state index in [0.29, 0.717) is 0 Å². The van der Waals surface area contributed by atoms with Gasteiger partial charge in [-0.1, -0.05) is 12.1 Å². The number of nitrogens with two attached hydrogens (primary N) is 1. The molecule has 0 spiro atoms. The maximum Gasteiger partial charge on any atom is 0.290 e. The number of carboxylic acid groups (broad SMARTS) is 1. The van der Waals surface area contributed by atoms with Gasteiger partial charge in [-0.25, -0.2) is 0 Å². The Morgan fingerprint density at radius 1 is 1.45 bits per heavy atom. The summed E-state index contributed by atoms with van der Waals surface area (Å²) in [5.41, 5.74) is 6.26. The van der Waals surface area contributed by atoms with Gasteiger partial charge in [0.2, 0.25) is 0 Å². The van der Waals surface area contributed by atoms with Gasteiger partial charge in [-0.2, -0.15) is 0 Å². The van der Waals surface area contributed by atoms with Crippen LogP contribution in [-0.2, 0) is 4.79 Å². The first-order valence-electron chi connectivity index (χ1n) is 2.80. The zero-order valence-corrected chi connectivity index (χ0v) is 7.28. The number of carbonyl (C=O) groups is 1. The molecule has 0 radical (unpaired) electrons. The van der Waals surface area contributed by atoms with Gasteiger partial charge in [-0.3, -0.25) is 4.79 Å². The Morgan fingerprint density at radius 3 is 2.18 bits per heavy atom. The lowest BCUT2D eigenvalue weighted by Crippen LogP contribution is -1.82. The first-order chi connectivity index (χ1) is 5.22. The van der Waals surface area contributed by atoms with E-state index in [2.05, 4.69) is 15.9 Å². The van der Waals surface area contributed by atoms with E-state index in [1.807, 2.05) is 24.3 Å². The van der Waals surface area contributed by atoms with Crippen molar-refractivity contribution in [2.45, 2.75) is 0 Å². The highest BCUT2D eigenvalue weighted by atomic mass is 79.9. The van der Waals surface area contributed by atoms with E-state index in [1.165, 1.54) is 0 Å². The summed E-state index contributed by atoms with van der Waals surface area (Å²) in [6, 6.07) is 7.60. The Morgan fingerprint density at radius 2 is 1.91 bits per heavy atom. The number of halogens is 1. The van der Waals surface area contributed by atoms with E-state index in [4.69, 9.17) is 15.6 Å². The summed E-state index contributed by atoms with van der Waals surface area (Å²) in [5, 5.41) is 6.89. The summed E-state index contributed by atoms with van der Waals surface area (Å²) in [4.78, 5) is 8.36. The third-order valence-corrected chi connectivity index (χ3v) is 1.63. The predicted molar refractivity (Wildman–Crippen MR) is 47.2 cm³/mol. The van der Waals surface area contributed by atoms with Crippen LogP contribution in [0.4, 0.5) is 5.69 Å². The van der Waals surface area contributed by atoms with Crippen molar-refractivity contribution in [3.8, 4) is 0 Å². The second-order valence-electron chi connectivity index (χ2n) is 1.63. The maximum absolute atomic E-state index is 8.36. The average molecular weight is 218 g/mol. The van der Waals surface area contributed by atoms with Gasteiger partial charge in [0.05, 0.1) is 0 Å². The molecular weight excluding hydrogens is 210 g/mol. The molecule has 1 rings (SSSR count). The Hall–Kier alpha value is -1.03. The molecule has 0 bridgehead atoms. The molecule has 4 heteroatoms. The molecule has 1 aromatic rings. The third kappa shape index (κ3) is 4.38.